The molecule has 0 saturated heterocycles. The van der Waals surface area contributed by atoms with E-state index >= 15 is 0 Å². The minimum absolute atomic E-state index is 0.0116. The van der Waals surface area contributed by atoms with Crippen molar-refractivity contribution in [2.45, 2.75) is 96.6 Å². The van der Waals surface area contributed by atoms with Gasteiger partial charge in [0, 0.05) is 36.7 Å². The standard InChI is InChI=1S/C30H42N6O3/c1-4-22-27-24(16-29(2,3)17-25(27)37)36(35-22)20-9-10-21(28(32)39)23(14-20)33-19-8-7-18-6-5-12-30(18,15-19)34-26(38)11-13-31/h9-10,14,18-19,33H,4-8,11-13,15-17,31H2,1-3H3,(H2,32,39)(H,34,38). The summed E-state index contributed by atoms with van der Waals surface area (Å²) in [6.07, 6.45) is 8.18. The zero-order valence-electron chi connectivity index (χ0n) is 23.4. The van der Waals surface area contributed by atoms with Gasteiger partial charge in [-0.15, -0.1) is 0 Å². The Bertz CT molecular complexity index is 1300. The third kappa shape index (κ3) is 5.21. The molecule has 0 bridgehead atoms. The molecule has 9 nitrogen and oxygen atoms in total. The van der Waals surface area contributed by atoms with Crippen LogP contribution in [0.5, 0.6) is 0 Å². The molecule has 0 spiro atoms. The molecule has 1 aromatic heterocycles. The first kappa shape index (κ1) is 27.4. The quantitative estimate of drug-likeness (QED) is 0.407. The molecule has 1 heterocycles. The number of primary amides is 1. The first-order chi connectivity index (χ1) is 18.6. The minimum atomic E-state index is -0.502. The number of hydrogen-bond donors (Lipinski definition) is 4. The molecule has 3 aliphatic rings. The van der Waals surface area contributed by atoms with Gasteiger partial charge in [0.25, 0.3) is 5.91 Å². The molecule has 5 rings (SSSR count). The molecule has 3 aliphatic carbocycles. The lowest BCUT2D eigenvalue weighted by Gasteiger charge is -2.44. The van der Waals surface area contributed by atoms with Crippen LogP contribution in [-0.2, 0) is 17.6 Å². The number of amides is 2. The SMILES string of the molecule is CCc1nn(-c2ccc(C(N)=O)c(NC3CCC4CCCC4(NC(=O)CCN)C3)c2)c2c1C(=O)CC(C)(C)C2. The number of Topliss-reactive ketones (excluding diaryl/α,β-unsaturated/α-hetero) is 1. The van der Waals surface area contributed by atoms with E-state index in [0.717, 1.165) is 67.6 Å². The summed E-state index contributed by atoms with van der Waals surface area (Å²) in [5.74, 6) is 0.116. The molecular formula is C30H42N6O3. The van der Waals surface area contributed by atoms with Crippen molar-refractivity contribution in [1.29, 1.82) is 0 Å². The number of ketones is 1. The Morgan fingerprint density at radius 3 is 2.69 bits per heavy atom. The van der Waals surface area contributed by atoms with Gasteiger partial charge in [-0.3, -0.25) is 14.4 Å². The number of anilines is 1. The van der Waals surface area contributed by atoms with Gasteiger partial charge >= 0.3 is 0 Å². The molecule has 2 amide bonds. The molecule has 39 heavy (non-hydrogen) atoms. The number of rotatable bonds is 8. The summed E-state index contributed by atoms with van der Waals surface area (Å²) in [7, 11) is 0. The summed E-state index contributed by atoms with van der Waals surface area (Å²) >= 11 is 0. The molecule has 2 saturated carbocycles. The van der Waals surface area contributed by atoms with E-state index in [4.69, 9.17) is 16.6 Å². The van der Waals surface area contributed by atoms with Crippen LogP contribution in [0.15, 0.2) is 18.2 Å². The van der Waals surface area contributed by atoms with E-state index < -0.39 is 5.91 Å². The second kappa shape index (κ2) is 10.4. The summed E-state index contributed by atoms with van der Waals surface area (Å²) in [4.78, 5) is 38.1. The number of benzene rings is 1. The fourth-order valence-corrected chi connectivity index (χ4v) is 7.29. The van der Waals surface area contributed by atoms with Gasteiger partial charge < -0.3 is 22.1 Å². The fraction of sp³-hybridized carbons (Fsp3) is 0.600. The van der Waals surface area contributed by atoms with Gasteiger partial charge in [-0.25, -0.2) is 4.68 Å². The van der Waals surface area contributed by atoms with Gasteiger partial charge in [-0.1, -0.05) is 27.2 Å². The lowest BCUT2D eigenvalue weighted by atomic mass is 9.72. The Morgan fingerprint density at radius 2 is 1.97 bits per heavy atom. The Labute approximate surface area is 230 Å². The Morgan fingerprint density at radius 1 is 1.18 bits per heavy atom. The summed E-state index contributed by atoms with van der Waals surface area (Å²) in [5.41, 5.74) is 15.4. The van der Waals surface area contributed by atoms with E-state index in [0.29, 0.717) is 43.0 Å². The first-order valence-corrected chi connectivity index (χ1v) is 14.4. The minimum Gasteiger partial charge on any atom is -0.382 e. The van der Waals surface area contributed by atoms with Crippen LogP contribution < -0.4 is 22.1 Å². The van der Waals surface area contributed by atoms with E-state index in [1.165, 1.54) is 0 Å². The molecule has 0 aliphatic heterocycles. The van der Waals surface area contributed by atoms with Crippen LogP contribution in [0.25, 0.3) is 5.69 Å². The van der Waals surface area contributed by atoms with E-state index in [2.05, 4.69) is 24.5 Å². The maximum atomic E-state index is 13.1. The van der Waals surface area contributed by atoms with Crippen molar-refractivity contribution in [3.05, 3.63) is 40.7 Å². The number of fused-ring (bicyclic) bond motifs is 2. The number of aryl methyl sites for hydroxylation is 1. The Kier molecular flexibility index (Phi) is 7.31. The second-order valence-corrected chi connectivity index (χ2v) is 12.5. The smallest absolute Gasteiger partial charge is 0.250 e. The van der Waals surface area contributed by atoms with Crippen LogP contribution in [0.4, 0.5) is 5.69 Å². The van der Waals surface area contributed by atoms with Gasteiger partial charge in [0.05, 0.1) is 28.2 Å². The molecule has 3 atom stereocenters. The number of nitrogens with one attached hydrogen (secondary N) is 2. The highest BCUT2D eigenvalue weighted by Gasteiger charge is 2.48. The number of nitrogens with zero attached hydrogens (tertiary/aromatic N) is 2. The highest BCUT2D eigenvalue weighted by atomic mass is 16.2. The number of carbonyl (C=O) groups is 3. The molecule has 6 N–H and O–H groups in total. The molecule has 210 valence electrons. The average Bonchev–Trinajstić information content (AvgIpc) is 3.44. The Balaban J connectivity index is 1.48. The second-order valence-electron chi connectivity index (χ2n) is 12.5. The van der Waals surface area contributed by atoms with E-state index in [-0.39, 0.29) is 28.7 Å². The third-order valence-corrected chi connectivity index (χ3v) is 9.02. The highest BCUT2D eigenvalue weighted by molar-refractivity contribution is 6.00. The van der Waals surface area contributed by atoms with Crippen LogP contribution in [0.1, 0.15) is 104 Å². The summed E-state index contributed by atoms with van der Waals surface area (Å²) < 4.78 is 1.88. The van der Waals surface area contributed by atoms with Gasteiger partial charge in [-0.05, 0) is 74.5 Å². The molecule has 9 heteroatoms. The van der Waals surface area contributed by atoms with Crippen molar-refractivity contribution < 1.29 is 14.4 Å². The van der Waals surface area contributed by atoms with Crippen LogP contribution >= 0.6 is 0 Å². The number of hydrogen-bond acceptors (Lipinski definition) is 6. The summed E-state index contributed by atoms with van der Waals surface area (Å²) in [6, 6.07) is 5.60. The molecule has 0 radical (unpaired) electrons. The van der Waals surface area contributed by atoms with Crippen molar-refractivity contribution in [3.8, 4) is 5.69 Å². The predicted molar refractivity (Wildman–Crippen MR) is 151 cm³/mol. The summed E-state index contributed by atoms with van der Waals surface area (Å²) in [6.45, 7) is 6.58. The number of aromatic nitrogens is 2. The number of carbonyl (C=O) groups excluding carboxylic acids is 3. The third-order valence-electron chi connectivity index (χ3n) is 9.02. The van der Waals surface area contributed by atoms with Gasteiger partial charge in [0.15, 0.2) is 5.78 Å². The maximum Gasteiger partial charge on any atom is 0.250 e. The van der Waals surface area contributed by atoms with Crippen molar-refractivity contribution in [2.24, 2.45) is 22.8 Å². The first-order valence-electron chi connectivity index (χ1n) is 14.4. The monoisotopic (exact) mass is 534 g/mol. The lowest BCUT2D eigenvalue weighted by molar-refractivity contribution is -0.123. The molecular weight excluding hydrogens is 492 g/mol. The lowest BCUT2D eigenvalue weighted by Crippen LogP contribution is -2.56. The van der Waals surface area contributed by atoms with E-state index in [9.17, 15) is 14.4 Å². The van der Waals surface area contributed by atoms with Gasteiger partial charge in [0.1, 0.15) is 0 Å². The molecule has 2 aromatic rings. The predicted octanol–water partition coefficient (Wildman–Crippen LogP) is 3.66. The molecule has 2 fully saturated rings. The zero-order valence-corrected chi connectivity index (χ0v) is 23.4. The van der Waals surface area contributed by atoms with Crippen molar-refractivity contribution in [2.75, 3.05) is 11.9 Å². The normalized spacial score (nSPS) is 25.6. The highest BCUT2D eigenvalue weighted by Crippen LogP contribution is 2.46. The van der Waals surface area contributed by atoms with Gasteiger partial charge in [-0.2, -0.15) is 5.10 Å². The maximum absolute atomic E-state index is 13.1. The van der Waals surface area contributed by atoms with Crippen LogP contribution in [0.2, 0.25) is 0 Å². The zero-order chi connectivity index (χ0) is 27.9. The number of nitrogens with two attached hydrogens (primary N) is 2. The van der Waals surface area contributed by atoms with Crippen molar-refractivity contribution in [1.82, 2.24) is 15.1 Å². The van der Waals surface area contributed by atoms with Crippen molar-refractivity contribution >= 4 is 23.3 Å². The van der Waals surface area contributed by atoms with Crippen LogP contribution in [0.3, 0.4) is 0 Å². The topological polar surface area (TPSA) is 145 Å². The summed E-state index contributed by atoms with van der Waals surface area (Å²) in [5, 5.41) is 11.8. The van der Waals surface area contributed by atoms with Crippen molar-refractivity contribution in [3.63, 3.8) is 0 Å². The van der Waals surface area contributed by atoms with Gasteiger partial charge in [0.2, 0.25) is 5.91 Å². The average molecular weight is 535 g/mol. The van der Waals surface area contributed by atoms with Crippen LogP contribution in [0, 0.1) is 11.3 Å². The molecule has 1 aromatic carbocycles. The molecule has 3 unspecified atom stereocenters. The largest absolute Gasteiger partial charge is 0.382 e. The van der Waals surface area contributed by atoms with E-state index in [1.54, 1.807) is 6.07 Å². The van der Waals surface area contributed by atoms with Crippen LogP contribution in [-0.4, -0.2) is 45.5 Å². The Hall–Kier alpha value is -3.20. The fourth-order valence-electron chi connectivity index (χ4n) is 7.29. The van der Waals surface area contributed by atoms with E-state index in [1.807, 2.05) is 23.7 Å².